The van der Waals surface area contributed by atoms with Gasteiger partial charge < -0.3 is 19.8 Å². The highest BCUT2D eigenvalue weighted by Crippen LogP contribution is 2.32. The Balaban J connectivity index is 0. The maximum Gasteiger partial charge on any atom is 0.205 e. The molecule has 4 nitrogen and oxygen atoms in total. The van der Waals surface area contributed by atoms with Gasteiger partial charge in [0.2, 0.25) is 7.05 Å². The van der Waals surface area contributed by atoms with Crippen LogP contribution in [0, 0.1) is 6.57 Å². The minimum absolute atomic E-state index is 0.862. The van der Waals surface area contributed by atoms with Crippen molar-refractivity contribution in [3.05, 3.63) is 53.5 Å². The van der Waals surface area contributed by atoms with Crippen LogP contribution in [0.15, 0.2) is 36.5 Å². The number of benzene rings is 1. The Bertz CT molecular complexity index is 631. The minimum Gasteiger partial charge on any atom is -0.388 e. The lowest BCUT2D eigenvalue weighted by molar-refractivity contribution is 0.0794. The number of nitrogens with zero attached hydrogens (tertiary/aromatic N) is 2. The third-order valence-electron chi connectivity index (χ3n) is 3.19. The number of hydrogen-bond acceptors (Lipinski definition) is 2. The first-order chi connectivity index (χ1) is 11.8. The van der Waals surface area contributed by atoms with Gasteiger partial charge in [0.05, 0.1) is 5.60 Å². The number of aromatic nitrogens is 1. The molecule has 1 aromatic carbocycles. The first-order valence-corrected chi connectivity index (χ1v) is 8.77. The molecular weight excluding hydrogens is 310 g/mol. The van der Waals surface area contributed by atoms with Gasteiger partial charge in [-0.3, -0.25) is 0 Å². The summed E-state index contributed by atoms with van der Waals surface area (Å²) in [6, 6.07) is 10.2. The van der Waals surface area contributed by atoms with E-state index in [-0.39, 0.29) is 0 Å². The van der Waals surface area contributed by atoms with Crippen LogP contribution in [0.25, 0.3) is 16.1 Å². The van der Waals surface area contributed by atoms with Crippen LogP contribution in [0.2, 0.25) is 0 Å². The summed E-state index contributed by atoms with van der Waals surface area (Å²) in [5, 5.41) is 13.4. The molecule has 140 valence electrons. The fourth-order valence-electron chi connectivity index (χ4n) is 2.19. The molecule has 0 unspecified atom stereocenters. The topological polar surface area (TPSA) is 41.5 Å². The zero-order valence-electron chi connectivity index (χ0n) is 17.3. The molecule has 0 aliphatic carbocycles. The van der Waals surface area contributed by atoms with Gasteiger partial charge in [0.15, 0.2) is 0 Å². The van der Waals surface area contributed by atoms with Crippen LogP contribution in [0.4, 0.5) is 5.69 Å². The van der Waals surface area contributed by atoms with E-state index in [0.29, 0.717) is 0 Å². The highest BCUT2D eigenvalue weighted by molar-refractivity contribution is 5.67. The molecule has 0 radical (unpaired) electrons. The maximum absolute atomic E-state index is 10.2. The largest absolute Gasteiger partial charge is 0.388 e. The van der Waals surface area contributed by atoms with E-state index in [1.807, 2.05) is 66.2 Å². The number of anilines is 1. The van der Waals surface area contributed by atoms with Gasteiger partial charge in [-0.15, -0.1) is 0 Å². The fraction of sp³-hybridized carbons (Fsp3) is 0.476. The van der Waals surface area contributed by atoms with E-state index in [1.165, 1.54) is 7.05 Å². The molecule has 0 saturated carbocycles. The molecule has 2 rings (SSSR count). The van der Waals surface area contributed by atoms with E-state index in [2.05, 4.69) is 26.9 Å². The second-order valence-electron chi connectivity index (χ2n) is 5.30. The van der Waals surface area contributed by atoms with Crippen LogP contribution in [-0.4, -0.2) is 23.8 Å². The van der Waals surface area contributed by atoms with E-state index in [9.17, 15) is 5.11 Å². The third kappa shape index (κ3) is 7.91. The molecule has 0 atom stereocenters. The van der Waals surface area contributed by atoms with E-state index in [4.69, 9.17) is 6.57 Å². The van der Waals surface area contributed by atoms with Crippen LogP contribution in [0.5, 0.6) is 0 Å². The van der Waals surface area contributed by atoms with E-state index >= 15 is 0 Å². The van der Waals surface area contributed by atoms with Gasteiger partial charge in [-0.25, -0.2) is 6.57 Å². The molecule has 0 bridgehead atoms. The van der Waals surface area contributed by atoms with Gasteiger partial charge in [-0.2, -0.15) is 0 Å². The summed E-state index contributed by atoms with van der Waals surface area (Å²) in [7, 11) is 5.30. The van der Waals surface area contributed by atoms with Crippen molar-refractivity contribution in [1.82, 2.24) is 4.57 Å². The molecular formula is C21H35N3O. The van der Waals surface area contributed by atoms with Crippen LogP contribution in [-0.2, 0) is 12.6 Å². The predicted octanol–water partition coefficient (Wildman–Crippen LogP) is 5.55. The first-order valence-electron chi connectivity index (χ1n) is 8.77. The molecule has 0 spiro atoms. The molecule has 0 amide bonds. The summed E-state index contributed by atoms with van der Waals surface area (Å²) < 4.78 is 2.07. The average Bonchev–Trinajstić information content (AvgIpc) is 3.04. The Kier molecular flexibility index (Phi) is 13.1. The lowest BCUT2D eigenvalue weighted by atomic mass is 9.93. The van der Waals surface area contributed by atoms with Crippen LogP contribution in [0.1, 0.15) is 47.1 Å². The smallest absolute Gasteiger partial charge is 0.205 e. The van der Waals surface area contributed by atoms with Crippen molar-refractivity contribution in [2.24, 2.45) is 7.05 Å². The van der Waals surface area contributed by atoms with Gasteiger partial charge in [0.25, 0.3) is 0 Å². The summed E-state index contributed by atoms with van der Waals surface area (Å²) in [4.78, 5) is 2.75. The summed E-state index contributed by atoms with van der Waals surface area (Å²) in [6.07, 6.45) is 2.02. The SMILES string of the molecule is CC.CC.CNc1ccc(-c2cccn2C)cc1C(C)(C)O.[C-]#[N+]C. The predicted molar refractivity (Wildman–Crippen MR) is 111 cm³/mol. The lowest BCUT2D eigenvalue weighted by Crippen LogP contribution is -2.17. The van der Waals surface area contributed by atoms with Crippen LogP contribution < -0.4 is 5.32 Å². The van der Waals surface area contributed by atoms with Gasteiger partial charge in [0, 0.05) is 37.2 Å². The second kappa shape index (κ2) is 13.1. The minimum atomic E-state index is -0.862. The van der Waals surface area contributed by atoms with E-state index in [1.54, 1.807) is 13.8 Å². The normalized spacial score (nSPS) is 9.16. The van der Waals surface area contributed by atoms with E-state index < -0.39 is 5.60 Å². The first kappa shape index (κ1) is 25.0. The van der Waals surface area contributed by atoms with Crippen molar-refractivity contribution in [3.63, 3.8) is 0 Å². The highest BCUT2D eigenvalue weighted by atomic mass is 16.3. The molecule has 0 fully saturated rings. The number of nitrogens with one attached hydrogen (secondary N) is 1. The molecule has 4 heteroatoms. The highest BCUT2D eigenvalue weighted by Gasteiger charge is 2.20. The second-order valence-corrected chi connectivity index (χ2v) is 5.30. The Morgan fingerprint density at radius 3 is 2.00 bits per heavy atom. The lowest BCUT2D eigenvalue weighted by Gasteiger charge is -2.22. The summed E-state index contributed by atoms with van der Waals surface area (Å²) >= 11 is 0. The molecule has 1 heterocycles. The molecule has 2 aromatic rings. The van der Waals surface area contributed by atoms with Crippen molar-refractivity contribution in [2.45, 2.75) is 47.1 Å². The van der Waals surface area contributed by atoms with Crippen molar-refractivity contribution in [1.29, 1.82) is 0 Å². The van der Waals surface area contributed by atoms with Gasteiger partial charge in [-0.05, 0) is 43.7 Å². The molecule has 25 heavy (non-hydrogen) atoms. The van der Waals surface area contributed by atoms with Gasteiger partial charge in [0.1, 0.15) is 0 Å². The maximum atomic E-state index is 10.2. The third-order valence-corrected chi connectivity index (χ3v) is 3.19. The molecule has 1 aromatic heterocycles. The van der Waals surface area contributed by atoms with Gasteiger partial charge >= 0.3 is 0 Å². The monoisotopic (exact) mass is 345 g/mol. The number of rotatable bonds is 3. The van der Waals surface area contributed by atoms with Crippen LogP contribution >= 0.6 is 0 Å². The Labute approximate surface area is 154 Å². The zero-order valence-corrected chi connectivity index (χ0v) is 17.3. The Morgan fingerprint density at radius 1 is 1.12 bits per heavy atom. The van der Waals surface area contributed by atoms with Gasteiger partial charge in [-0.1, -0.05) is 33.8 Å². The molecule has 0 aliphatic heterocycles. The van der Waals surface area contributed by atoms with Crippen LogP contribution in [0.3, 0.4) is 0 Å². The summed E-state index contributed by atoms with van der Waals surface area (Å²) in [6.45, 7) is 17.4. The fourth-order valence-corrected chi connectivity index (χ4v) is 2.19. The molecule has 0 saturated heterocycles. The molecule has 2 N–H and O–H groups in total. The Hall–Kier alpha value is -2.25. The zero-order chi connectivity index (χ0) is 20.0. The quantitative estimate of drug-likeness (QED) is 0.716. The number of hydrogen-bond donors (Lipinski definition) is 2. The molecule has 0 aliphatic rings. The standard InChI is InChI=1S/C15H20N2O.C2H3N.2C2H6/c1-15(2,18)12-10-11(7-8-13(12)16-3)14-6-5-9-17(14)4;1-3-2;2*1-2/h5-10,16,18H,1-4H3;1H3;2*1-2H3. The van der Waals surface area contributed by atoms with Crippen molar-refractivity contribution in [2.75, 3.05) is 19.4 Å². The van der Waals surface area contributed by atoms with Crippen molar-refractivity contribution >= 4 is 5.69 Å². The Morgan fingerprint density at radius 2 is 1.64 bits per heavy atom. The summed E-state index contributed by atoms with van der Waals surface area (Å²) in [5.41, 5.74) is 3.26. The van der Waals surface area contributed by atoms with Crippen molar-refractivity contribution in [3.8, 4) is 11.3 Å². The van der Waals surface area contributed by atoms with E-state index in [0.717, 1.165) is 22.5 Å². The summed E-state index contributed by atoms with van der Waals surface area (Å²) in [5.74, 6) is 0. The average molecular weight is 346 g/mol. The van der Waals surface area contributed by atoms with Crippen molar-refractivity contribution < 1.29 is 5.11 Å². The number of aryl methyl sites for hydroxylation is 1. The number of aliphatic hydroxyl groups is 1.